The van der Waals surface area contributed by atoms with Crippen LogP contribution in [-0.2, 0) is 16.6 Å². The minimum Gasteiger partial charge on any atom is -0.352 e. The number of nitrogens with zero attached hydrogens (tertiary/aromatic N) is 1. The van der Waals surface area contributed by atoms with Gasteiger partial charge < -0.3 is 10.2 Å². The van der Waals surface area contributed by atoms with Crippen molar-refractivity contribution < 1.29 is 13.2 Å². The van der Waals surface area contributed by atoms with Gasteiger partial charge in [0.1, 0.15) is 0 Å². The first kappa shape index (κ1) is 24.5. The van der Waals surface area contributed by atoms with Crippen molar-refractivity contribution in [3.05, 3.63) is 64.1 Å². The Morgan fingerprint density at radius 2 is 1.63 bits per heavy atom. The van der Waals surface area contributed by atoms with Crippen molar-refractivity contribution in [2.24, 2.45) is 0 Å². The molecule has 2 rings (SSSR count). The highest BCUT2D eigenvalue weighted by atomic mass is 79.9. The molecule has 30 heavy (non-hydrogen) atoms. The van der Waals surface area contributed by atoms with Gasteiger partial charge in [0.2, 0.25) is 10.0 Å². The third kappa shape index (κ3) is 8.18. The summed E-state index contributed by atoms with van der Waals surface area (Å²) < 4.78 is 28.1. The molecule has 2 aromatic carbocycles. The summed E-state index contributed by atoms with van der Waals surface area (Å²) >= 11 is 3.29. The summed E-state index contributed by atoms with van der Waals surface area (Å²) in [6.45, 7) is 5.00. The van der Waals surface area contributed by atoms with Crippen molar-refractivity contribution >= 4 is 31.9 Å². The number of rotatable bonds is 12. The maximum absolute atomic E-state index is 12.4. The predicted octanol–water partition coefficient (Wildman–Crippen LogP) is 3.78. The first-order valence-corrected chi connectivity index (χ1v) is 12.4. The summed E-state index contributed by atoms with van der Waals surface area (Å²) in [4.78, 5) is 14.8. The molecule has 0 aliphatic rings. The first-order valence-electron chi connectivity index (χ1n) is 10.1. The van der Waals surface area contributed by atoms with E-state index in [0.29, 0.717) is 12.1 Å². The number of nitrogens with one attached hydrogen (secondary N) is 2. The second kappa shape index (κ2) is 12.2. The maximum atomic E-state index is 12.4. The molecule has 0 aliphatic carbocycles. The Morgan fingerprint density at radius 1 is 1.00 bits per heavy atom. The van der Waals surface area contributed by atoms with E-state index in [2.05, 4.69) is 44.8 Å². The van der Waals surface area contributed by atoms with E-state index in [1.807, 2.05) is 0 Å². The zero-order valence-corrected chi connectivity index (χ0v) is 19.9. The van der Waals surface area contributed by atoms with Crippen molar-refractivity contribution in [1.29, 1.82) is 0 Å². The number of sulfonamides is 1. The Kier molecular flexibility index (Phi) is 9.97. The van der Waals surface area contributed by atoms with Crippen LogP contribution in [0.25, 0.3) is 0 Å². The monoisotopic (exact) mass is 495 g/mol. The summed E-state index contributed by atoms with van der Waals surface area (Å²) in [5.74, 6) is -0.117. The van der Waals surface area contributed by atoms with Gasteiger partial charge in [-0.3, -0.25) is 4.79 Å². The fourth-order valence-corrected chi connectivity index (χ4v) is 4.12. The lowest BCUT2D eigenvalue weighted by molar-refractivity contribution is 0.0952. The molecule has 0 aliphatic heterocycles. The standard InChI is InChI=1S/C22H30BrN3O3S/c1-3-4-15-26(2)16-5-14-24-22(27)19-8-6-18(7-9-19)17-25-30(28,29)21-12-10-20(23)11-13-21/h6-13,25H,3-5,14-17H2,1-2H3,(H,24,27). The van der Waals surface area contributed by atoms with Gasteiger partial charge in [-0.05, 0) is 74.9 Å². The van der Waals surface area contributed by atoms with Crippen LogP contribution in [-0.4, -0.2) is 45.9 Å². The lowest BCUT2D eigenvalue weighted by Crippen LogP contribution is -2.28. The smallest absolute Gasteiger partial charge is 0.251 e. The van der Waals surface area contributed by atoms with E-state index >= 15 is 0 Å². The minimum atomic E-state index is -3.58. The molecule has 0 fully saturated rings. The zero-order chi connectivity index (χ0) is 22.0. The van der Waals surface area contributed by atoms with Crippen LogP contribution in [0.1, 0.15) is 42.1 Å². The Balaban J connectivity index is 1.78. The largest absolute Gasteiger partial charge is 0.352 e. The lowest BCUT2D eigenvalue weighted by Gasteiger charge is -2.16. The highest BCUT2D eigenvalue weighted by Crippen LogP contribution is 2.15. The van der Waals surface area contributed by atoms with Crippen LogP contribution in [0.4, 0.5) is 0 Å². The summed E-state index contributed by atoms with van der Waals surface area (Å²) in [5, 5.41) is 2.93. The Labute approximate surface area is 188 Å². The normalized spacial score (nSPS) is 11.6. The molecule has 0 saturated heterocycles. The number of hydrogen-bond donors (Lipinski definition) is 2. The van der Waals surface area contributed by atoms with Crippen LogP contribution in [0, 0.1) is 0 Å². The number of halogens is 1. The second-order valence-electron chi connectivity index (χ2n) is 7.24. The average molecular weight is 496 g/mol. The fraction of sp³-hybridized carbons (Fsp3) is 0.409. The van der Waals surface area contributed by atoms with Crippen molar-refractivity contribution in [3.63, 3.8) is 0 Å². The first-order chi connectivity index (χ1) is 14.3. The van der Waals surface area contributed by atoms with Gasteiger partial charge in [-0.2, -0.15) is 0 Å². The molecule has 0 radical (unpaired) electrons. The van der Waals surface area contributed by atoms with Crippen molar-refractivity contribution in [3.8, 4) is 0 Å². The van der Waals surface area contributed by atoms with Crippen LogP contribution in [0.5, 0.6) is 0 Å². The van der Waals surface area contributed by atoms with E-state index in [1.165, 1.54) is 12.8 Å². The third-order valence-corrected chi connectivity index (χ3v) is 6.65. The van der Waals surface area contributed by atoms with Gasteiger partial charge in [0, 0.05) is 23.1 Å². The van der Waals surface area contributed by atoms with Crippen LogP contribution in [0.2, 0.25) is 0 Å². The summed E-state index contributed by atoms with van der Waals surface area (Å²) in [7, 11) is -1.49. The van der Waals surface area contributed by atoms with Crippen molar-refractivity contribution in [2.45, 2.75) is 37.6 Å². The number of amides is 1. The molecular weight excluding hydrogens is 466 g/mol. The number of carbonyl (C=O) groups is 1. The van der Waals surface area contributed by atoms with Gasteiger partial charge >= 0.3 is 0 Å². The van der Waals surface area contributed by atoms with Gasteiger partial charge in [-0.25, -0.2) is 13.1 Å². The molecule has 0 heterocycles. The van der Waals surface area contributed by atoms with Gasteiger partial charge in [0.05, 0.1) is 4.90 Å². The van der Waals surface area contributed by atoms with Gasteiger partial charge in [0.25, 0.3) is 5.91 Å². The topological polar surface area (TPSA) is 78.5 Å². The summed E-state index contributed by atoms with van der Waals surface area (Å²) in [6, 6.07) is 13.4. The molecule has 0 atom stereocenters. The minimum absolute atomic E-state index is 0.117. The van der Waals surface area contributed by atoms with E-state index in [1.54, 1.807) is 48.5 Å². The van der Waals surface area contributed by atoms with Gasteiger partial charge in [-0.1, -0.05) is 41.4 Å². The van der Waals surface area contributed by atoms with E-state index in [9.17, 15) is 13.2 Å². The zero-order valence-electron chi connectivity index (χ0n) is 17.5. The van der Waals surface area contributed by atoms with E-state index in [-0.39, 0.29) is 17.3 Å². The summed E-state index contributed by atoms with van der Waals surface area (Å²) in [6.07, 6.45) is 3.28. The Morgan fingerprint density at radius 3 is 2.27 bits per heavy atom. The molecule has 8 heteroatoms. The molecule has 164 valence electrons. The van der Waals surface area contributed by atoms with Gasteiger partial charge in [-0.15, -0.1) is 0 Å². The SMILES string of the molecule is CCCCN(C)CCCNC(=O)c1ccc(CNS(=O)(=O)c2ccc(Br)cc2)cc1. The molecule has 6 nitrogen and oxygen atoms in total. The Bertz CT molecular complexity index is 900. The second-order valence-corrected chi connectivity index (χ2v) is 9.92. The lowest BCUT2D eigenvalue weighted by atomic mass is 10.1. The number of unbranched alkanes of at least 4 members (excludes halogenated alkanes) is 1. The Hall–Kier alpha value is -1.74. The molecule has 2 N–H and O–H groups in total. The van der Waals surface area contributed by atoms with E-state index in [0.717, 1.165) is 29.5 Å². The maximum Gasteiger partial charge on any atom is 0.251 e. The quantitative estimate of drug-likeness (QED) is 0.439. The molecule has 0 unspecified atom stereocenters. The number of benzene rings is 2. The number of hydrogen-bond acceptors (Lipinski definition) is 4. The fourth-order valence-electron chi connectivity index (χ4n) is 2.84. The summed E-state index contributed by atoms with van der Waals surface area (Å²) in [5.41, 5.74) is 1.35. The van der Waals surface area contributed by atoms with E-state index < -0.39 is 10.0 Å². The molecule has 0 spiro atoms. The van der Waals surface area contributed by atoms with Crippen LogP contribution in [0.15, 0.2) is 57.9 Å². The van der Waals surface area contributed by atoms with Crippen molar-refractivity contribution in [1.82, 2.24) is 14.9 Å². The van der Waals surface area contributed by atoms with Crippen LogP contribution < -0.4 is 10.0 Å². The molecule has 0 saturated carbocycles. The molecule has 0 bridgehead atoms. The molecular formula is C22H30BrN3O3S. The van der Waals surface area contributed by atoms with Crippen molar-refractivity contribution in [2.75, 3.05) is 26.7 Å². The van der Waals surface area contributed by atoms with Crippen LogP contribution in [0.3, 0.4) is 0 Å². The van der Waals surface area contributed by atoms with E-state index in [4.69, 9.17) is 0 Å². The molecule has 2 aromatic rings. The van der Waals surface area contributed by atoms with Gasteiger partial charge in [0.15, 0.2) is 0 Å². The highest BCUT2D eigenvalue weighted by Gasteiger charge is 2.13. The molecule has 1 amide bonds. The number of carbonyl (C=O) groups excluding carboxylic acids is 1. The third-order valence-electron chi connectivity index (χ3n) is 4.70. The molecule has 0 aromatic heterocycles. The average Bonchev–Trinajstić information content (AvgIpc) is 2.74. The predicted molar refractivity (Wildman–Crippen MR) is 124 cm³/mol. The highest BCUT2D eigenvalue weighted by molar-refractivity contribution is 9.10. The van der Waals surface area contributed by atoms with Crippen LogP contribution >= 0.6 is 15.9 Å².